The van der Waals surface area contributed by atoms with Crippen molar-refractivity contribution in [1.82, 2.24) is 0 Å². The molecule has 1 aliphatic carbocycles. The summed E-state index contributed by atoms with van der Waals surface area (Å²) in [5.74, 6) is 0.814. The Morgan fingerprint density at radius 3 is 2.63 bits per heavy atom. The predicted octanol–water partition coefficient (Wildman–Crippen LogP) is 3.56. The number of hydrogen-bond donors (Lipinski definition) is 2. The average Bonchev–Trinajstić information content (AvgIpc) is 2.39. The third-order valence-electron chi connectivity index (χ3n) is 4.03. The van der Waals surface area contributed by atoms with Gasteiger partial charge in [0.1, 0.15) is 11.4 Å². The molecule has 5 nitrogen and oxygen atoms in total. The monoisotopic (exact) mass is 263 g/mol. The van der Waals surface area contributed by atoms with E-state index in [1.807, 2.05) is 0 Å². The molecule has 1 aliphatic rings. The van der Waals surface area contributed by atoms with Gasteiger partial charge in [-0.05, 0) is 43.7 Å². The van der Waals surface area contributed by atoms with Crippen LogP contribution in [0.15, 0.2) is 18.2 Å². The first kappa shape index (κ1) is 13.6. The molecular formula is C14H21N3O2. The molecule has 1 saturated carbocycles. The largest absolute Gasteiger partial charge is 0.393 e. The minimum absolute atomic E-state index is 0.000106. The quantitative estimate of drug-likeness (QED) is 0.494. The molecule has 0 aliphatic heterocycles. The van der Waals surface area contributed by atoms with Gasteiger partial charge in [-0.3, -0.25) is 10.1 Å². The molecule has 1 fully saturated rings. The first-order valence-corrected chi connectivity index (χ1v) is 6.91. The van der Waals surface area contributed by atoms with E-state index in [0.29, 0.717) is 11.7 Å². The number of anilines is 2. The summed E-state index contributed by atoms with van der Waals surface area (Å²) in [7, 11) is 0. The number of nitrogen functional groups attached to an aromatic ring is 1. The van der Waals surface area contributed by atoms with Gasteiger partial charge >= 0.3 is 5.69 Å². The molecule has 19 heavy (non-hydrogen) atoms. The van der Waals surface area contributed by atoms with E-state index >= 15 is 0 Å². The van der Waals surface area contributed by atoms with Crippen LogP contribution in [0, 0.1) is 16.0 Å². The molecule has 5 heteroatoms. The number of nitro benzene ring substituents is 1. The molecule has 0 atom stereocenters. The van der Waals surface area contributed by atoms with Gasteiger partial charge in [-0.25, -0.2) is 0 Å². The minimum Gasteiger partial charge on any atom is -0.393 e. The second-order valence-corrected chi connectivity index (χ2v) is 5.27. The van der Waals surface area contributed by atoms with Gasteiger partial charge < -0.3 is 11.1 Å². The van der Waals surface area contributed by atoms with Gasteiger partial charge in [0.2, 0.25) is 0 Å². The fraction of sp³-hybridized carbons (Fsp3) is 0.571. The highest BCUT2D eigenvalue weighted by atomic mass is 16.6. The predicted molar refractivity (Wildman–Crippen MR) is 77.2 cm³/mol. The maximum absolute atomic E-state index is 11.1. The lowest BCUT2D eigenvalue weighted by Crippen LogP contribution is -2.26. The maximum Gasteiger partial charge on any atom is 0.314 e. The Balaban J connectivity index is 2.08. The first-order chi connectivity index (χ1) is 9.11. The zero-order chi connectivity index (χ0) is 13.8. The van der Waals surface area contributed by atoms with Crippen molar-refractivity contribution in [3.63, 3.8) is 0 Å². The number of para-hydroxylation sites is 1. The summed E-state index contributed by atoms with van der Waals surface area (Å²) in [6.45, 7) is 2.22. The number of hydrogen-bond acceptors (Lipinski definition) is 4. The van der Waals surface area contributed by atoms with Crippen LogP contribution in [0.4, 0.5) is 17.1 Å². The van der Waals surface area contributed by atoms with Crippen molar-refractivity contribution in [3.8, 4) is 0 Å². The Morgan fingerprint density at radius 2 is 2.05 bits per heavy atom. The Bertz CT molecular complexity index is 454. The molecule has 1 aromatic carbocycles. The van der Waals surface area contributed by atoms with E-state index in [0.717, 1.165) is 18.8 Å². The van der Waals surface area contributed by atoms with Crippen molar-refractivity contribution in [2.24, 2.45) is 5.92 Å². The number of nitrogens with zero attached hydrogens (tertiary/aromatic N) is 1. The zero-order valence-electron chi connectivity index (χ0n) is 11.3. The number of nitrogens with two attached hydrogens (primary N) is 1. The van der Waals surface area contributed by atoms with E-state index in [1.165, 1.54) is 19.3 Å². The molecule has 0 saturated heterocycles. The summed E-state index contributed by atoms with van der Waals surface area (Å²) in [6, 6.07) is 5.38. The third-order valence-corrected chi connectivity index (χ3v) is 4.03. The van der Waals surface area contributed by atoms with E-state index < -0.39 is 4.92 Å². The lowest BCUT2D eigenvalue weighted by molar-refractivity contribution is -0.383. The molecule has 3 N–H and O–H groups in total. The lowest BCUT2D eigenvalue weighted by atomic mass is 9.84. The highest BCUT2D eigenvalue weighted by Crippen LogP contribution is 2.34. The molecule has 2 rings (SSSR count). The number of nitrogens with one attached hydrogen (secondary N) is 1. The van der Waals surface area contributed by atoms with Crippen LogP contribution in [0.1, 0.15) is 39.0 Å². The first-order valence-electron chi connectivity index (χ1n) is 6.91. The fourth-order valence-corrected chi connectivity index (χ4v) is 2.82. The second-order valence-electron chi connectivity index (χ2n) is 5.27. The Labute approximate surface area is 113 Å². The van der Waals surface area contributed by atoms with Gasteiger partial charge in [-0.2, -0.15) is 0 Å². The van der Waals surface area contributed by atoms with Gasteiger partial charge in [-0.15, -0.1) is 0 Å². The van der Waals surface area contributed by atoms with Gasteiger partial charge in [0.25, 0.3) is 0 Å². The number of nitro groups is 1. The normalized spacial score (nSPS) is 23.0. The van der Waals surface area contributed by atoms with Crippen LogP contribution >= 0.6 is 0 Å². The van der Waals surface area contributed by atoms with E-state index in [1.54, 1.807) is 18.2 Å². The van der Waals surface area contributed by atoms with Crippen LogP contribution in [-0.2, 0) is 0 Å². The van der Waals surface area contributed by atoms with E-state index in [2.05, 4.69) is 12.2 Å². The minimum atomic E-state index is -0.407. The smallest absolute Gasteiger partial charge is 0.314 e. The molecular weight excluding hydrogens is 242 g/mol. The Morgan fingerprint density at radius 1 is 1.37 bits per heavy atom. The summed E-state index contributed by atoms with van der Waals surface area (Å²) in [5.41, 5.74) is 6.46. The van der Waals surface area contributed by atoms with Crippen LogP contribution in [0.3, 0.4) is 0 Å². The molecule has 104 valence electrons. The van der Waals surface area contributed by atoms with Crippen molar-refractivity contribution in [1.29, 1.82) is 0 Å². The molecule has 0 bridgehead atoms. The second kappa shape index (κ2) is 5.91. The van der Waals surface area contributed by atoms with Crippen molar-refractivity contribution in [2.75, 3.05) is 11.1 Å². The number of rotatable bonds is 4. The van der Waals surface area contributed by atoms with Crippen LogP contribution < -0.4 is 11.1 Å². The maximum atomic E-state index is 11.1. The SMILES string of the molecule is CCC1CCC(Nc2cccc(N)c2[N+](=O)[O-])CC1. The van der Waals surface area contributed by atoms with E-state index in [-0.39, 0.29) is 11.4 Å². The highest BCUT2D eigenvalue weighted by Gasteiger charge is 2.23. The molecule has 0 amide bonds. The van der Waals surface area contributed by atoms with Crippen LogP contribution in [0.2, 0.25) is 0 Å². The molecule has 0 spiro atoms. The van der Waals surface area contributed by atoms with E-state index in [9.17, 15) is 10.1 Å². The summed E-state index contributed by atoms with van der Waals surface area (Å²) >= 11 is 0. The Kier molecular flexibility index (Phi) is 4.24. The molecule has 1 aromatic rings. The average molecular weight is 263 g/mol. The van der Waals surface area contributed by atoms with Gasteiger partial charge in [0, 0.05) is 6.04 Å². The molecule has 0 aromatic heterocycles. The van der Waals surface area contributed by atoms with Crippen molar-refractivity contribution < 1.29 is 4.92 Å². The van der Waals surface area contributed by atoms with Crippen LogP contribution in [-0.4, -0.2) is 11.0 Å². The summed E-state index contributed by atoms with van der Waals surface area (Å²) < 4.78 is 0. The van der Waals surface area contributed by atoms with Crippen molar-refractivity contribution in [3.05, 3.63) is 28.3 Å². The number of benzene rings is 1. The summed E-state index contributed by atoms with van der Waals surface area (Å²) in [6.07, 6.45) is 5.77. The fourth-order valence-electron chi connectivity index (χ4n) is 2.82. The molecule has 0 radical (unpaired) electrons. The summed E-state index contributed by atoms with van der Waals surface area (Å²) in [5, 5.41) is 14.4. The van der Waals surface area contributed by atoms with Gasteiger partial charge in [0.15, 0.2) is 0 Å². The molecule has 0 unspecified atom stereocenters. The van der Waals surface area contributed by atoms with Crippen LogP contribution in [0.5, 0.6) is 0 Å². The molecule has 0 heterocycles. The summed E-state index contributed by atoms with van der Waals surface area (Å²) in [4.78, 5) is 10.7. The topological polar surface area (TPSA) is 81.2 Å². The highest BCUT2D eigenvalue weighted by molar-refractivity contribution is 5.74. The van der Waals surface area contributed by atoms with Crippen molar-refractivity contribution in [2.45, 2.75) is 45.1 Å². The van der Waals surface area contributed by atoms with Crippen molar-refractivity contribution >= 4 is 17.1 Å². The van der Waals surface area contributed by atoms with E-state index in [4.69, 9.17) is 5.73 Å². The van der Waals surface area contributed by atoms with Gasteiger partial charge in [-0.1, -0.05) is 19.4 Å². The van der Waals surface area contributed by atoms with Crippen LogP contribution in [0.25, 0.3) is 0 Å². The lowest BCUT2D eigenvalue weighted by Gasteiger charge is -2.29. The third kappa shape index (κ3) is 3.16. The standard InChI is InChI=1S/C14H21N3O2/c1-2-10-6-8-11(9-7-10)16-13-5-3-4-12(15)14(13)17(18)19/h3-5,10-11,16H,2,6-9,15H2,1H3. The van der Waals surface area contributed by atoms with Gasteiger partial charge in [0.05, 0.1) is 4.92 Å². The zero-order valence-corrected chi connectivity index (χ0v) is 11.3. The Hall–Kier alpha value is -1.78.